The lowest BCUT2D eigenvalue weighted by Crippen LogP contribution is -2.44. The Labute approximate surface area is 134 Å². The molecule has 4 nitrogen and oxygen atoms in total. The minimum absolute atomic E-state index is 0. The summed E-state index contributed by atoms with van der Waals surface area (Å²) in [5.41, 5.74) is 3.91. The molecule has 2 N–H and O–H groups in total. The average Bonchev–Trinajstić information content (AvgIpc) is 2.80. The molecule has 1 amide bonds. The van der Waals surface area contributed by atoms with E-state index in [0.717, 1.165) is 30.3 Å². The van der Waals surface area contributed by atoms with Crippen molar-refractivity contribution in [2.24, 2.45) is 0 Å². The molecule has 1 aliphatic heterocycles. The summed E-state index contributed by atoms with van der Waals surface area (Å²) in [6.07, 6.45) is 3.23. The maximum absolute atomic E-state index is 12.3. The Balaban J connectivity index is 0.00000200. The van der Waals surface area contributed by atoms with Crippen LogP contribution in [0.15, 0.2) is 16.6 Å². The van der Waals surface area contributed by atoms with Crippen LogP contribution in [0.1, 0.15) is 42.1 Å². The van der Waals surface area contributed by atoms with Gasteiger partial charge in [-0.25, -0.2) is 5.01 Å². The van der Waals surface area contributed by atoms with E-state index >= 15 is 0 Å². The van der Waals surface area contributed by atoms with Crippen molar-refractivity contribution in [3.8, 4) is 5.75 Å². The molecule has 20 heavy (non-hydrogen) atoms. The fourth-order valence-corrected chi connectivity index (χ4v) is 3.08. The summed E-state index contributed by atoms with van der Waals surface area (Å²) in [4.78, 5) is 12.3. The zero-order valence-corrected chi connectivity index (χ0v) is 14.1. The molecule has 0 bridgehead atoms. The van der Waals surface area contributed by atoms with Crippen LogP contribution in [-0.2, 0) is 0 Å². The molecule has 1 aromatic rings. The maximum Gasteiger partial charge on any atom is 0.269 e. The number of halogens is 2. The van der Waals surface area contributed by atoms with Gasteiger partial charge in [-0.05, 0) is 43.9 Å². The second kappa shape index (κ2) is 7.29. The topological polar surface area (TPSA) is 52.6 Å². The number of amides is 1. The number of benzene rings is 1. The van der Waals surface area contributed by atoms with E-state index in [-0.39, 0.29) is 24.1 Å². The molecule has 0 aliphatic carbocycles. The summed E-state index contributed by atoms with van der Waals surface area (Å²) < 4.78 is 0.793. The van der Waals surface area contributed by atoms with Crippen molar-refractivity contribution >= 4 is 34.2 Å². The van der Waals surface area contributed by atoms with Gasteiger partial charge in [-0.1, -0.05) is 22.9 Å². The molecular weight excluding hydrogens is 344 g/mol. The average molecular weight is 364 g/mol. The van der Waals surface area contributed by atoms with E-state index in [2.05, 4.69) is 28.3 Å². The van der Waals surface area contributed by atoms with E-state index in [9.17, 15) is 9.90 Å². The summed E-state index contributed by atoms with van der Waals surface area (Å²) in [5, 5.41) is 12.0. The number of aryl methyl sites for hydroxylation is 1. The van der Waals surface area contributed by atoms with Gasteiger partial charge >= 0.3 is 0 Å². The quantitative estimate of drug-likeness (QED) is 0.865. The van der Waals surface area contributed by atoms with E-state index < -0.39 is 0 Å². The third-order valence-corrected chi connectivity index (χ3v) is 4.06. The first-order chi connectivity index (χ1) is 9.02. The van der Waals surface area contributed by atoms with Gasteiger partial charge in [0.15, 0.2) is 0 Å². The van der Waals surface area contributed by atoms with Gasteiger partial charge in [0.2, 0.25) is 0 Å². The van der Waals surface area contributed by atoms with Gasteiger partial charge < -0.3 is 5.11 Å². The summed E-state index contributed by atoms with van der Waals surface area (Å²) >= 11 is 3.35. The lowest BCUT2D eigenvalue weighted by atomic mass is 10.1. The van der Waals surface area contributed by atoms with Crippen LogP contribution < -0.4 is 5.43 Å². The van der Waals surface area contributed by atoms with Gasteiger partial charge in [-0.15, -0.1) is 12.4 Å². The highest BCUT2D eigenvalue weighted by Crippen LogP contribution is 2.27. The van der Waals surface area contributed by atoms with Crippen molar-refractivity contribution in [1.29, 1.82) is 0 Å². The van der Waals surface area contributed by atoms with Gasteiger partial charge in [-0.3, -0.25) is 10.2 Å². The number of phenols is 1. The normalized spacial score (nSPS) is 18.6. The Morgan fingerprint density at radius 3 is 2.90 bits per heavy atom. The number of carbonyl (C=O) groups is 1. The lowest BCUT2D eigenvalue weighted by molar-refractivity contribution is 0.0758. The number of nitrogens with one attached hydrogen (secondary N) is 1. The first-order valence-corrected chi connectivity index (χ1v) is 7.39. The predicted octanol–water partition coefficient (Wildman–Crippen LogP) is 3.40. The Morgan fingerprint density at radius 1 is 1.55 bits per heavy atom. The molecule has 1 atom stereocenters. The molecule has 0 radical (unpaired) electrons. The van der Waals surface area contributed by atoms with Crippen molar-refractivity contribution < 1.29 is 9.90 Å². The van der Waals surface area contributed by atoms with Crippen molar-refractivity contribution in [1.82, 2.24) is 10.4 Å². The minimum Gasteiger partial charge on any atom is -0.507 e. The van der Waals surface area contributed by atoms with E-state index in [4.69, 9.17) is 0 Å². The molecule has 1 aromatic carbocycles. The Kier molecular flexibility index (Phi) is 6.30. The fourth-order valence-electron chi connectivity index (χ4n) is 2.51. The maximum atomic E-state index is 12.3. The monoisotopic (exact) mass is 362 g/mol. The molecule has 0 aromatic heterocycles. The van der Waals surface area contributed by atoms with Crippen LogP contribution in [0, 0.1) is 6.92 Å². The molecule has 1 aliphatic rings. The highest BCUT2D eigenvalue weighted by atomic mass is 79.9. The molecule has 1 fully saturated rings. The van der Waals surface area contributed by atoms with Gasteiger partial charge in [0, 0.05) is 17.1 Å². The van der Waals surface area contributed by atoms with Crippen molar-refractivity contribution in [2.75, 3.05) is 6.54 Å². The van der Waals surface area contributed by atoms with Gasteiger partial charge in [0.05, 0.1) is 5.56 Å². The van der Waals surface area contributed by atoms with Crippen LogP contribution in [0.25, 0.3) is 0 Å². The van der Waals surface area contributed by atoms with Crippen molar-refractivity contribution in [2.45, 2.75) is 39.2 Å². The first-order valence-electron chi connectivity index (χ1n) is 6.59. The standard InChI is InChI=1S/C14H19BrN2O2.ClH/c1-3-11-5-4-6-17(11)16-14(19)12-8-10(15)7-9(2)13(12)18;/h7-8,11,18H,3-6H2,1-2H3,(H,16,19);1H. The Morgan fingerprint density at radius 2 is 2.25 bits per heavy atom. The molecule has 0 saturated carbocycles. The van der Waals surface area contributed by atoms with Crippen LogP contribution in [0.2, 0.25) is 0 Å². The van der Waals surface area contributed by atoms with Crippen LogP contribution in [0.3, 0.4) is 0 Å². The number of hydrogen-bond donors (Lipinski definition) is 2. The number of nitrogens with zero attached hydrogens (tertiary/aromatic N) is 1. The zero-order chi connectivity index (χ0) is 14.0. The molecule has 1 unspecified atom stereocenters. The smallest absolute Gasteiger partial charge is 0.269 e. The van der Waals surface area contributed by atoms with E-state index in [1.54, 1.807) is 19.1 Å². The number of phenolic OH excluding ortho intramolecular Hbond substituents is 1. The first kappa shape index (κ1) is 17.3. The van der Waals surface area contributed by atoms with Crippen molar-refractivity contribution in [3.63, 3.8) is 0 Å². The van der Waals surface area contributed by atoms with Crippen molar-refractivity contribution in [3.05, 3.63) is 27.7 Å². The Hall–Kier alpha value is -0.780. The Bertz CT molecular complexity index is 496. The largest absolute Gasteiger partial charge is 0.507 e. The highest BCUT2D eigenvalue weighted by Gasteiger charge is 2.25. The van der Waals surface area contributed by atoms with Crippen LogP contribution in [0.5, 0.6) is 5.75 Å². The van der Waals surface area contributed by atoms with Gasteiger partial charge in [0.25, 0.3) is 5.91 Å². The van der Waals surface area contributed by atoms with Gasteiger partial charge in [-0.2, -0.15) is 0 Å². The van der Waals surface area contributed by atoms with Gasteiger partial charge in [0.1, 0.15) is 5.75 Å². The van der Waals surface area contributed by atoms with E-state index in [0.29, 0.717) is 17.2 Å². The molecule has 2 rings (SSSR count). The summed E-state index contributed by atoms with van der Waals surface area (Å²) in [6, 6.07) is 3.84. The van der Waals surface area contributed by atoms with E-state index in [1.807, 2.05) is 5.01 Å². The fraction of sp³-hybridized carbons (Fsp3) is 0.500. The summed E-state index contributed by atoms with van der Waals surface area (Å²) in [6.45, 7) is 4.77. The third kappa shape index (κ3) is 3.65. The number of hydrogen-bond acceptors (Lipinski definition) is 3. The molecule has 1 saturated heterocycles. The predicted molar refractivity (Wildman–Crippen MR) is 85.3 cm³/mol. The molecule has 6 heteroatoms. The second-order valence-electron chi connectivity index (χ2n) is 4.96. The zero-order valence-electron chi connectivity index (χ0n) is 11.6. The molecular formula is C14H20BrClN2O2. The SMILES string of the molecule is CCC1CCCN1NC(=O)c1cc(Br)cc(C)c1O.Cl. The lowest BCUT2D eigenvalue weighted by Gasteiger charge is -2.24. The highest BCUT2D eigenvalue weighted by molar-refractivity contribution is 9.10. The number of carbonyl (C=O) groups excluding carboxylic acids is 1. The second-order valence-corrected chi connectivity index (χ2v) is 5.87. The number of hydrazine groups is 1. The third-order valence-electron chi connectivity index (χ3n) is 3.60. The molecule has 0 spiro atoms. The van der Waals surface area contributed by atoms with E-state index in [1.165, 1.54) is 0 Å². The summed E-state index contributed by atoms with van der Waals surface area (Å²) in [7, 11) is 0. The van der Waals surface area contributed by atoms with Crippen LogP contribution >= 0.6 is 28.3 Å². The van der Waals surface area contributed by atoms with Crippen LogP contribution in [-0.4, -0.2) is 28.6 Å². The molecule has 112 valence electrons. The number of rotatable bonds is 3. The molecule has 1 heterocycles. The number of aromatic hydroxyl groups is 1. The van der Waals surface area contributed by atoms with Crippen LogP contribution in [0.4, 0.5) is 0 Å². The minimum atomic E-state index is -0.248. The summed E-state index contributed by atoms with van der Waals surface area (Å²) in [5.74, 6) is -0.199.